The van der Waals surface area contributed by atoms with E-state index >= 15 is 0 Å². The van der Waals surface area contributed by atoms with Crippen molar-refractivity contribution in [1.82, 2.24) is 0 Å². The Balaban J connectivity index is 2.12. The Morgan fingerprint density at radius 2 is 1.91 bits per heavy atom. The van der Waals surface area contributed by atoms with Crippen LogP contribution in [0.3, 0.4) is 0 Å². The van der Waals surface area contributed by atoms with E-state index in [1.807, 2.05) is 0 Å². The van der Waals surface area contributed by atoms with Crippen LogP contribution in [0.1, 0.15) is 20.7 Å². The van der Waals surface area contributed by atoms with Crippen molar-refractivity contribution < 1.29 is 24.2 Å². The highest BCUT2D eigenvalue weighted by molar-refractivity contribution is 6.31. The number of methoxy groups -OCH3 is 1. The van der Waals surface area contributed by atoms with Crippen LogP contribution in [0.25, 0.3) is 0 Å². The lowest BCUT2D eigenvalue weighted by Gasteiger charge is -2.13. The molecular formula is C16H14ClNO5. The first-order valence-corrected chi connectivity index (χ1v) is 6.97. The highest BCUT2D eigenvalue weighted by atomic mass is 35.5. The summed E-state index contributed by atoms with van der Waals surface area (Å²) in [6, 6.07) is 10.9. The Bertz CT molecular complexity index is 732. The fraction of sp³-hybridized carbons (Fsp3) is 0.125. The van der Waals surface area contributed by atoms with Gasteiger partial charge in [0.1, 0.15) is 11.3 Å². The highest BCUT2D eigenvalue weighted by Crippen LogP contribution is 2.23. The number of hydrogen-bond donors (Lipinski definition) is 2. The molecule has 6 nitrogen and oxygen atoms in total. The molecule has 0 aliphatic rings. The maximum absolute atomic E-state index is 11.7. The quantitative estimate of drug-likeness (QED) is 0.622. The summed E-state index contributed by atoms with van der Waals surface area (Å²) in [5, 5.41) is 12.4. The topological polar surface area (TPSA) is 84.9 Å². The van der Waals surface area contributed by atoms with Crippen LogP contribution in [0.15, 0.2) is 42.5 Å². The largest absolute Gasteiger partial charge is 0.478 e. The Labute approximate surface area is 137 Å². The van der Waals surface area contributed by atoms with E-state index in [1.165, 1.54) is 19.2 Å². The van der Waals surface area contributed by atoms with Gasteiger partial charge in [-0.3, -0.25) is 0 Å². The van der Waals surface area contributed by atoms with Gasteiger partial charge in [-0.15, -0.1) is 0 Å². The number of carbonyl (C=O) groups excluding carboxylic acids is 1. The van der Waals surface area contributed by atoms with Crippen LogP contribution in [0.4, 0.5) is 5.69 Å². The molecule has 0 fully saturated rings. The minimum Gasteiger partial charge on any atom is -0.478 e. The van der Waals surface area contributed by atoms with E-state index in [2.05, 4.69) is 5.32 Å². The molecule has 2 N–H and O–H groups in total. The molecule has 2 aromatic carbocycles. The molecule has 2 aromatic rings. The van der Waals surface area contributed by atoms with E-state index in [9.17, 15) is 9.59 Å². The summed E-state index contributed by atoms with van der Waals surface area (Å²) in [4.78, 5) is 22.8. The molecular weight excluding hydrogens is 322 g/mol. The number of para-hydroxylation sites is 1. The first-order chi connectivity index (χ1) is 11.0. The fourth-order valence-corrected chi connectivity index (χ4v) is 2.08. The first-order valence-electron chi connectivity index (χ1n) is 6.59. The van der Waals surface area contributed by atoms with Gasteiger partial charge in [0, 0.05) is 5.02 Å². The number of nitrogens with one attached hydrogen (secondary N) is 1. The van der Waals surface area contributed by atoms with E-state index in [4.69, 9.17) is 26.2 Å². The standard InChI is InChI=1S/C16H14ClNO5/c1-22-16(21)11-7-6-10(17)8-13(11)18-9-23-14-5-3-2-4-12(14)15(19)20/h2-8,18H,9H2,1H3,(H,19,20). The SMILES string of the molecule is COC(=O)c1ccc(Cl)cc1NCOc1ccccc1C(=O)O. The van der Waals surface area contributed by atoms with Crippen molar-refractivity contribution in [1.29, 1.82) is 0 Å². The molecule has 0 amide bonds. The van der Waals surface area contributed by atoms with Crippen LogP contribution in [0.5, 0.6) is 5.75 Å². The second-order valence-electron chi connectivity index (χ2n) is 4.45. The zero-order valence-electron chi connectivity index (χ0n) is 12.2. The van der Waals surface area contributed by atoms with Crippen molar-refractivity contribution in [2.45, 2.75) is 0 Å². The number of esters is 1. The summed E-state index contributed by atoms with van der Waals surface area (Å²) in [6.07, 6.45) is 0. The molecule has 23 heavy (non-hydrogen) atoms. The second kappa shape index (κ2) is 7.51. The number of rotatable bonds is 6. The van der Waals surface area contributed by atoms with Crippen molar-refractivity contribution in [3.05, 3.63) is 58.6 Å². The van der Waals surface area contributed by atoms with Gasteiger partial charge >= 0.3 is 11.9 Å². The van der Waals surface area contributed by atoms with Gasteiger partial charge in [-0.25, -0.2) is 9.59 Å². The lowest BCUT2D eigenvalue weighted by molar-refractivity contribution is 0.0601. The van der Waals surface area contributed by atoms with Gasteiger partial charge in [0.2, 0.25) is 0 Å². The van der Waals surface area contributed by atoms with E-state index in [-0.39, 0.29) is 18.0 Å². The highest BCUT2D eigenvalue weighted by Gasteiger charge is 2.13. The maximum Gasteiger partial charge on any atom is 0.339 e. The van der Waals surface area contributed by atoms with Gasteiger partial charge < -0.3 is 19.9 Å². The van der Waals surface area contributed by atoms with Crippen molar-refractivity contribution in [2.24, 2.45) is 0 Å². The van der Waals surface area contributed by atoms with Gasteiger partial charge in [-0.2, -0.15) is 0 Å². The lowest BCUT2D eigenvalue weighted by atomic mass is 10.2. The van der Waals surface area contributed by atoms with Crippen LogP contribution in [0.2, 0.25) is 5.02 Å². The Morgan fingerprint density at radius 1 is 1.17 bits per heavy atom. The molecule has 0 atom stereocenters. The normalized spacial score (nSPS) is 10.0. The number of aromatic carboxylic acids is 1. The predicted molar refractivity (Wildman–Crippen MR) is 85.3 cm³/mol. The van der Waals surface area contributed by atoms with Crippen LogP contribution >= 0.6 is 11.6 Å². The third-order valence-electron chi connectivity index (χ3n) is 2.99. The summed E-state index contributed by atoms with van der Waals surface area (Å²) in [6.45, 7) is -0.0470. The summed E-state index contributed by atoms with van der Waals surface area (Å²) < 4.78 is 10.1. The molecule has 0 aliphatic carbocycles. The molecule has 0 aliphatic heterocycles. The third-order valence-corrected chi connectivity index (χ3v) is 3.23. The number of hydrogen-bond acceptors (Lipinski definition) is 5. The predicted octanol–water partition coefficient (Wildman–Crippen LogP) is 3.27. The van der Waals surface area contributed by atoms with E-state index in [1.54, 1.807) is 30.3 Å². The molecule has 120 valence electrons. The molecule has 7 heteroatoms. The summed E-state index contributed by atoms with van der Waals surface area (Å²) >= 11 is 5.92. The number of ether oxygens (including phenoxy) is 2. The summed E-state index contributed by atoms with van der Waals surface area (Å²) in [7, 11) is 1.28. The number of carbonyl (C=O) groups is 2. The molecule has 0 radical (unpaired) electrons. The van der Waals surface area contributed by atoms with Gasteiger partial charge in [-0.1, -0.05) is 23.7 Å². The van der Waals surface area contributed by atoms with Gasteiger partial charge in [0.15, 0.2) is 6.73 Å². The zero-order valence-corrected chi connectivity index (χ0v) is 13.0. The smallest absolute Gasteiger partial charge is 0.339 e. The Hall–Kier alpha value is -2.73. The molecule has 2 rings (SSSR count). The Morgan fingerprint density at radius 3 is 2.61 bits per heavy atom. The van der Waals surface area contributed by atoms with Gasteiger partial charge in [0.25, 0.3) is 0 Å². The molecule has 0 heterocycles. The average Bonchev–Trinajstić information content (AvgIpc) is 2.54. The maximum atomic E-state index is 11.7. The van der Waals surface area contributed by atoms with Gasteiger partial charge in [-0.05, 0) is 30.3 Å². The molecule has 0 bridgehead atoms. The number of halogens is 1. The molecule has 0 aromatic heterocycles. The van der Waals surface area contributed by atoms with Crippen LogP contribution in [-0.2, 0) is 4.74 Å². The minimum atomic E-state index is -1.08. The number of benzene rings is 2. The molecule has 0 unspecified atom stereocenters. The lowest BCUT2D eigenvalue weighted by Crippen LogP contribution is -2.14. The molecule has 0 saturated carbocycles. The Kier molecular flexibility index (Phi) is 5.43. The first kappa shape index (κ1) is 16.6. The summed E-state index contributed by atoms with van der Waals surface area (Å²) in [5.41, 5.74) is 0.776. The fourth-order valence-electron chi connectivity index (χ4n) is 1.91. The van der Waals surface area contributed by atoms with Crippen molar-refractivity contribution in [2.75, 3.05) is 19.2 Å². The van der Waals surface area contributed by atoms with Crippen LogP contribution in [0, 0.1) is 0 Å². The molecule has 0 saturated heterocycles. The van der Waals surface area contributed by atoms with Crippen molar-refractivity contribution in [3.8, 4) is 5.75 Å². The number of anilines is 1. The second-order valence-corrected chi connectivity index (χ2v) is 4.88. The van der Waals surface area contributed by atoms with E-state index in [0.717, 1.165) is 0 Å². The van der Waals surface area contributed by atoms with E-state index < -0.39 is 11.9 Å². The molecule has 0 spiro atoms. The summed E-state index contributed by atoms with van der Waals surface area (Å²) in [5.74, 6) is -1.39. The van der Waals surface area contributed by atoms with Crippen LogP contribution < -0.4 is 10.1 Å². The van der Waals surface area contributed by atoms with E-state index in [0.29, 0.717) is 16.3 Å². The number of carboxylic acids is 1. The van der Waals surface area contributed by atoms with Crippen LogP contribution in [-0.4, -0.2) is 30.9 Å². The monoisotopic (exact) mass is 335 g/mol. The zero-order chi connectivity index (χ0) is 16.8. The van der Waals surface area contributed by atoms with Crippen molar-refractivity contribution in [3.63, 3.8) is 0 Å². The van der Waals surface area contributed by atoms with Crippen molar-refractivity contribution >= 4 is 29.2 Å². The minimum absolute atomic E-state index is 0.0470. The third kappa shape index (κ3) is 4.14. The number of carboxylic acid groups (broad SMARTS) is 1. The average molecular weight is 336 g/mol. The van der Waals surface area contributed by atoms with Gasteiger partial charge in [0.05, 0.1) is 18.4 Å².